The van der Waals surface area contributed by atoms with Crippen LogP contribution in [0.4, 0.5) is 0 Å². The lowest BCUT2D eigenvalue weighted by Crippen LogP contribution is -1.87. The van der Waals surface area contributed by atoms with E-state index in [4.69, 9.17) is 16.0 Å². The lowest BCUT2D eigenvalue weighted by molar-refractivity contribution is 0.505. The van der Waals surface area contributed by atoms with Crippen LogP contribution in [0, 0.1) is 0 Å². The molecule has 0 saturated carbocycles. The first-order valence-corrected chi connectivity index (χ1v) is 4.22. The van der Waals surface area contributed by atoms with Crippen molar-refractivity contribution in [2.75, 3.05) is 0 Å². The molecule has 2 aromatic rings. The molecule has 66 valence electrons. The molecule has 0 radical (unpaired) electrons. The van der Waals surface area contributed by atoms with Crippen LogP contribution in [0.2, 0.25) is 5.02 Å². The minimum atomic E-state index is 0.613. The third kappa shape index (κ3) is 2.06. The predicted molar refractivity (Wildman–Crippen MR) is 48.6 cm³/mol. The third-order valence-corrected chi connectivity index (χ3v) is 1.93. The molecule has 13 heavy (non-hydrogen) atoms. The Bertz CT molecular complexity index is 369. The van der Waals surface area contributed by atoms with E-state index >= 15 is 0 Å². The summed E-state index contributed by atoms with van der Waals surface area (Å²) in [5, 5.41) is 8.11. The van der Waals surface area contributed by atoms with Crippen molar-refractivity contribution in [1.29, 1.82) is 0 Å². The van der Waals surface area contributed by atoms with Crippen molar-refractivity contribution < 1.29 is 4.42 Å². The van der Waals surface area contributed by atoms with Crippen molar-refractivity contribution in [3.05, 3.63) is 47.1 Å². The molecule has 0 fully saturated rings. The summed E-state index contributed by atoms with van der Waals surface area (Å²) in [7, 11) is 0. The zero-order valence-electron chi connectivity index (χ0n) is 6.77. The van der Waals surface area contributed by atoms with Gasteiger partial charge in [0.1, 0.15) is 0 Å². The van der Waals surface area contributed by atoms with Gasteiger partial charge in [-0.2, -0.15) is 0 Å². The second kappa shape index (κ2) is 3.58. The Morgan fingerprint density at radius 1 is 1.23 bits per heavy atom. The van der Waals surface area contributed by atoms with Crippen LogP contribution in [0.1, 0.15) is 11.5 Å². The first kappa shape index (κ1) is 8.26. The van der Waals surface area contributed by atoms with Crippen molar-refractivity contribution in [2.45, 2.75) is 6.42 Å². The fourth-order valence-electron chi connectivity index (χ4n) is 1.05. The number of nitrogens with zero attached hydrogens (tertiary/aromatic N) is 2. The summed E-state index contributed by atoms with van der Waals surface area (Å²) in [6.45, 7) is 0. The largest absolute Gasteiger partial charge is 0.428 e. The lowest BCUT2D eigenvalue weighted by Gasteiger charge is -1.95. The monoisotopic (exact) mass is 194 g/mol. The molecule has 0 bridgehead atoms. The number of hydrogen-bond donors (Lipinski definition) is 0. The molecule has 2 rings (SSSR count). The van der Waals surface area contributed by atoms with Crippen LogP contribution < -0.4 is 0 Å². The first-order valence-electron chi connectivity index (χ1n) is 3.84. The smallest absolute Gasteiger partial charge is 0.220 e. The average molecular weight is 195 g/mol. The van der Waals surface area contributed by atoms with Gasteiger partial charge >= 0.3 is 0 Å². The molecule has 0 aliphatic heterocycles. The summed E-state index contributed by atoms with van der Waals surface area (Å²) in [5.41, 5.74) is 1.11. The van der Waals surface area contributed by atoms with Gasteiger partial charge in [0.2, 0.25) is 12.3 Å². The van der Waals surface area contributed by atoms with Gasteiger partial charge in [-0.1, -0.05) is 23.7 Å². The highest BCUT2D eigenvalue weighted by Gasteiger charge is 2.00. The SMILES string of the molecule is Clc1ccc(Cc2nnco2)cc1. The number of aromatic nitrogens is 2. The van der Waals surface area contributed by atoms with E-state index in [0.29, 0.717) is 12.3 Å². The number of rotatable bonds is 2. The van der Waals surface area contributed by atoms with Crippen LogP contribution in [0.15, 0.2) is 35.1 Å². The van der Waals surface area contributed by atoms with E-state index in [0.717, 1.165) is 10.6 Å². The van der Waals surface area contributed by atoms with E-state index < -0.39 is 0 Å². The molecule has 0 atom stereocenters. The van der Waals surface area contributed by atoms with Gasteiger partial charge in [0.15, 0.2) is 0 Å². The third-order valence-electron chi connectivity index (χ3n) is 1.67. The Labute approximate surface area is 80.4 Å². The van der Waals surface area contributed by atoms with Gasteiger partial charge in [-0.05, 0) is 17.7 Å². The molecule has 1 heterocycles. The van der Waals surface area contributed by atoms with E-state index in [1.54, 1.807) is 0 Å². The molecule has 0 N–H and O–H groups in total. The molecular formula is C9H7ClN2O. The molecule has 0 spiro atoms. The minimum absolute atomic E-state index is 0.613. The van der Waals surface area contributed by atoms with Crippen LogP contribution >= 0.6 is 11.6 Å². The number of hydrogen-bond acceptors (Lipinski definition) is 3. The van der Waals surface area contributed by atoms with Crippen molar-refractivity contribution in [2.24, 2.45) is 0 Å². The van der Waals surface area contributed by atoms with Crippen LogP contribution in [0.5, 0.6) is 0 Å². The van der Waals surface area contributed by atoms with E-state index in [2.05, 4.69) is 10.2 Å². The normalized spacial score (nSPS) is 10.2. The van der Waals surface area contributed by atoms with Gasteiger partial charge in [-0.3, -0.25) is 0 Å². The highest BCUT2D eigenvalue weighted by atomic mass is 35.5. The summed E-state index contributed by atoms with van der Waals surface area (Å²) >= 11 is 5.74. The van der Waals surface area contributed by atoms with E-state index in [9.17, 15) is 0 Å². The van der Waals surface area contributed by atoms with Gasteiger partial charge in [-0.25, -0.2) is 0 Å². The molecule has 0 unspecified atom stereocenters. The van der Waals surface area contributed by atoms with Crippen molar-refractivity contribution >= 4 is 11.6 Å². The standard InChI is InChI=1S/C9H7ClN2O/c10-8-3-1-7(2-4-8)5-9-12-11-6-13-9/h1-4,6H,5H2. The van der Waals surface area contributed by atoms with Gasteiger partial charge in [0.05, 0.1) is 6.42 Å². The molecule has 1 aromatic carbocycles. The molecule has 0 aliphatic carbocycles. The molecule has 3 nitrogen and oxygen atoms in total. The summed E-state index contributed by atoms with van der Waals surface area (Å²) in [5.74, 6) is 0.613. The zero-order chi connectivity index (χ0) is 9.10. The summed E-state index contributed by atoms with van der Waals surface area (Å²) < 4.78 is 5.01. The highest BCUT2D eigenvalue weighted by Crippen LogP contribution is 2.11. The van der Waals surface area contributed by atoms with Crippen LogP contribution in [-0.2, 0) is 6.42 Å². The van der Waals surface area contributed by atoms with Gasteiger partial charge < -0.3 is 4.42 Å². The Kier molecular flexibility index (Phi) is 2.27. The van der Waals surface area contributed by atoms with Crippen LogP contribution in [0.3, 0.4) is 0 Å². The summed E-state index contributed by atoms with van der Waals surface area (Å²) in [6.07, 6.45) is 1.97. The maximum Gasteiger partial charge on any atom is 0.220 e. The van der Waals surface area contributed by atoms with Crippen molar-refractivity contribution in [3.8, 4) is 0 Å². The maximum atomic E-state index is 5.74. The molecule has 0 saturated heterocycles. The summed E-state index contributed by atoms with van der Waals surface area (Å²) in [4.78, 5) is 0. The second-order valence-corrected chi connectivity index (χ2v) is 3.07. The van der Waals surface area contributed by atoms with Gasteiger partial charge in [0.25, 0.3) is 0 Å². The Balaban J connectivity index is 2.15. The van der Waals surface area contributed by atoms with Gasteiger partial charge in [-0.15, -0.1) is 10.2 Å². The van der Waals surface area contributed by atoms with Crippen molar-refractivity contribution in [1.82, 2.24) is 10.2 Å². The van der Waals surface area contributed by atoms with Crippen molar-refractivity contribution in [3.63, 3.8) is 0 Å². The predicted octanol–water partition coefficient (Wildman–Crippen LogP) is 2.31. The Morgan fingerprint density at radius 3 is 2.62 bits per heavy atom. The fourth-order valence-corrected chi connectivity index (χ4v) is 1.18. The minimum Gasteiger partial charge on any atom is -0.428 e. The molecular weight excluding hydrogens is 188 g/mol. The van der Waals surface area contributed by atoms with Crippen LogP contribution in [0.25, 0.3) is 0 Å². The Hall–Kier alpha value is -1.35. The van der Waals surface area contributed by atoms with E-state index in [-0.39, 0.29) is 0 Å². The lowest BCUT2D eigenvalue weighted by atomic mass is 10.1. The molecule has 1 aromatic heterocycles. The fraction of sp³-hybridized carbons (Fsp3) is 0.111. The number of halogens is 1. The quantitative estimate of drug-likeness (QED) is 0.737. The maximum absolute atomic E-state index is 5.74. The topological polar surface area (TPSA) is 38.9 Å². The second-order valence-electron chi connectivity index (χ2n) is 2.64. The van der Waals surface area contributed by atoms with E-state index in [1.165, 1.54) is 6.39 Å². The molecule has 4 heteroatoms. The number of benzene rings is 1. The first-order chi connectivity index (χ1) is 6.34. The molecule has 0 aliphatic rings. The average Bonchev–Trinajstić information content (AvgIpc) is 2.62. The highest BCUT2D eigenvalue weighted by molar-refractivity contribution is 6.30. The Morgan fingerprint density at radius 2 is 2.00 bits per heavy atom. The summed E-state index contributed by atoms with van der Waals surface area (Å²) in [6, 6.07) is 7.56. The van der Waals surface area contributed by atoms with Gasteiger partial charge in [0, 0.05) is 5.02 Å². The van der Waals surface area contributed by atoms with E-state index in [1.807, 2.05) is 24.3 Å². The zero-order valence-corrected chi connectivity index (χ0v) is 7.53. The van der Waals surface area contributed by atoms with Crippen LogP contribution in [-0.4, -0.2) is 10.2 Å². The molecule has 0 amide bonds.